The van der Waals surface area contributed by atoms with Gasteiger partial charge in [-0.1, -0.05) is 23.7 Å². The van der Waals surface area contributed by atoms with E-state index >= 15 is 0 Å². The molecule has 0 aliphatic rings. The average molecular weight is 329 g/mol. The van der Waals surface area contributed by atoms with Gasteiger partial charge in [0, 0.05) is 6.54 Å². The van der Waals surface area contributed by atoms with Gasteiger partial charge in [-0.15, -0.1) is 0 Å². The lowest BCUT2D eigenvalue weighted by Gasteiger charge is -2.11. The topological polar surface area (TPSA) is 58.2 Å². The van der Waals surface area contributed by atoms with Gasteiger partial charge in [-0.25, -0.2) is 12.8 Å². The van der Waals surface area contributed by atoms with Crippen molar-refractivity contribution in [2.45, 2.75) is 11.4 Å². The summed E-state index contributed by atoms with van der Waals surface area (Å²) in [6.45, 7) is 0.514. The number of anilines is 1. The molecule has 2 rings (SSSR count). The number of halogens is 2. The zero-order valence-corrected chi connectivity index (χ0v) is 12.8. The molecule has 2 aromatic carbocycles. The molecule has 21 heavy (non-hydrogen) atoms. The monoisotopic (exact) mass is 328 g/mol. The SMILES string of the molecule is CNCc1ccc(Cl)c(S(=O)(=O)Nc2cccc(F)c2)c1. The number of sulfonamides is 1. The van der Waals surface area contributed by atoms with E-state index < -0.39 is 15.8 Å². The van der Waals surface area contributed by atoms with Crippen molar-refractivity contribution in [3.63, 3.8) is 0 Å². The third-order valence-corrected chi connectivity index (χ3v) is 4.61. The van der Waals surface area contributed by atoms with Crippen LogP contribution < -0.4 is 10.0 Å². The number of rotatable bonds is 5. The van der Waals surface area contributed by atoms with Gasteiger partial charge in [0.15, 0.2) is 0 Å². The molecule has 0 aromatic heterocycles. The molecule has 0 atom stereocenters. The van der Waals surface area contributed by atoms with Crippen LogP contribution in [0.3, 0.4) is 0 Å². The van der Waals surface area contributed by atoms with Crippen molar-refractivity contribution < 1.29 is 12.8 Å². The fraction of sp³-hybridized carbons (Fsp3) is 0.143. The lowest BCUT2D eigenvalue weighted by atomic mass is 10.2. The van der Waals surface area contributed by atoms with Crippen molar-refractivity contribution >= 4 is 27.3 Å². The van der Waals surface area contributed by atoms with Gasteiger partial charge < -0.3 is 5.32 Å². The summed E-state index contributed by atoms with van der Waals surface area (Å²) >= 11 is 5.96. The molecule has 112 valence electrons. The molecule has 0 spiro atoms. The zero-order valence-electron chi connectivity index (χ0n) is 11.2. The summed E-state index contributed by atoms with van der Waals surface area (Å²) in [4.78, 5) is -0.0406. The number of hydrogen-bond donors (Lipinski definition) is 2. The second-order valence-corrected chi connectivity index (χ2v) is 6.47. The Morgan fingerprint density at radius 3 is 2.62 bits per heavy atom. The maximum Gasteiger partial charge on any atom is 0.263 e. The van der Waals surface area contributed by atoms with Crippen molar-refractivity contribution in [3.8, 4) is 0 Å². The van der Waals surface area contributed by atoms with Gasteiger partial charge in [0.1, 0.15) is 10.7 Å². The van der Waals surface area contributed by atoms with E-state index in [2.05, 4.69) is 10.0 Å². The summed E-state index contributed by atoms with van der Waals surface area (Å²) in [6, 6.07) is 9.97. The molecule has 0 radical (unpaired) electrons. The van der Waals surface area contributed by atoms with Crippen LogP contribution in [0, 0.1) is 5.82 Å². The summed E-state index contributed by atoms with van der Waals surface area (Å²) in [5.74, 6) is -0.523. The van der Waals surface area contributed by atoms with Crippen LogP contribution in [0.4, 0.5) is 10.1 Å². The average Bonchev–Trinajstić information content (AvgIpc) is 2.40. The zero-order chi connectivity index (χ0) is 15.5. The molecule has 2 aromatic rings. The normalized spacial score (nSPS) is 11.4. The lowest BCUT2D eigenvalue weighted by Crippen LogP contribution is -2.14. The van der Waals surface area contributed by atoms with Gasteiger partial charge in [0.2, 0.25) is 0 Å². The van der Waals surface area contributed by atoms with E-state index in [9.17, 15) is 12.8 Å². The first-order valence-electron chi connectivity index (χ1n) is 6.14. The molecule has 4 nitrogen and oxygen atoms in total. The number of nitrogens with one attached hydrogen (secondary N) is 2. The van der Waals surface area contributed by atoms with Gasteiger partial charge >= 0.3 is 0 Å². The maximum atomic E-state index is 13.1. The van der Waals surface area contributed by atoms with E-state index in [1.54, 1.807) is 13.1 Å². The molecule has 0 heterocycles. The Balaban J connectivity index is 2.37. The minimum absolute atomic E-state index is 0.0406. The highest BCUT2D eigenvalue weighted by Crippen LogP contribution is 2.25. The van der Waals surface area contributed by atoms with E-state index in [-0.39, 0.29) is 15.6 Å². The van der Waals surface area contributed by atoms with Crippen LogP contribution in [-0.2, 0) is 16.6 Å². The molecule has 0 aliphatic carbocycles. The Hall–Kier alpha value is -1.63. The Labute approximate surface area is 128 Å². The molecule has 0 amide bonds. The summed E-state index contributed by atoms with van der Waals surface area (Å²) in [5, 5.41) is 3.04. The van der Waals surface area contributed by atoms with Gasteiger partial charge in [0.25, 0.3) is 10.0 Å². The Morgan fingerprint density at radius 2 is 1.95 bits per heavy atom. The third kappa shape index (κ3) is 3.93. The van der Waals surface area contributed by atoms with Crippen molar-refractivity contribution in [1.82, 2.24) is 5.32 Å². The molecule has 2 N–H and O–H groups in total. The largest absolute Gasteiger partial charge is 0.316 e. The van der Waals surface area contributed by atoms with Gasteiger partial charge in [0.05, 0.1) is 10.7 Å². The Bertz CT molecular complexity index is 750. The van der Waals surface area contributed by atoms with Crippen LogP contribution in [0.15, 0.2) is 47.4 Å². The standard InChI is InChI=1S/C14H14ClFN2O2S/c1-17-9-10-5-6-13(15)14(7-10)21(19,20)18-12-4-2-3-11(16)8-12/h2-8,17-18H,9H2,1H3. The van der Waals surface area contributed by atoms with Crippen molar-refractivity contribution in [2.75, 3.05) is 11.8 Å². The summed E-state index contributed by atoms with van der Waals surface area (Å²) in [7, 11) is -2.12. The molecule has 0 saturated heterocycles. The van der Waals surface area contributed by atoms with Crippen LogP contribution >= 0.6 is 11.6 Å². The highest BCUT2D eigenvalue weighted by molar-refractivity contribution is 7.92. The van der Waals surface area contributed by atoms with Crippen LogP contribution in [0.2, 0.25) is 5.02 Å². The fourth-order valence-corrected chi connectivity index (χ4v) is 3.43. The first-order valence-corrected chi connectivity index (χ1v) is 8.00. The lowest BCUT2D eigenvalue weighted by molar-refractivity contribution is 0.601. The van der Waals surface area contributed by atoms with Gasteiger partial charge in [-0.3, -0.25) is 4.72 Å². The minimum atomic E-state index is -3.88. The quantitative estimate of drug-likeness (QED) is 0.887. The summed E-state index contributed by atoms with van der Waals surface area (Å²) in [6.07, 6.45) is 0. The van der Waals surface area contributed by atoms with Gasteiger partial charge in [-0.05, 0) is 42.9 Å². The highest BCUT2D eigenvalue weighted by Gasteiger charge is 2.18. The van der Waals surface area contributed by atoms with Crippen LogP contribution in [0.25, 0.3) is 0 Å². The van der Waals surface area contributed by atoms with Crippen molar-refractivity contribution in [1.29, 1.82) is 0 Å². The predicted octanol–water partition coefficient (Wildman–Crippen LogP) is 3.00. The van der Waals surface area contributed by atoms with Crippen LogP contribution in [0.5, 0.6) is 0 Å². The van der Waals surface area contributed by atoms with E-state index in [0.29, 0.717) is 6.54 Å². The van der Waals surface area contributed by atoms with Crippen molar-refractivity contribution in [3.05, 3.63) is 58.9 Å². The number of hydrogen-bond acceptors (Lipinski definition) is 3. The maximum absolute atomic E-state index is 13.1. The van der Waals surface area contributed by atoms with Crippen molar-refractivity contribution in [2.24, 2.45) is 0 Å². The summed E-state index contributed by atoms with van der Waals surface area (Å²) < 4.78 is 40.1. The first kappa shape index (κ1) is 15.8. The van der Waals surface area contributed by atoms with Gasteiger partial charge in [-0.2, -0.15) is 0 Å². The number of benzene rings is 2. The Kier molecular flexibility index (Phi) is 4.82. The second kappa shape index (κ2) is 6.43. The molecule has 0 bridgehead atoms. The summed E-state index contributed by atoms with van der Waals surface area (Å²) in [5.41, 5.74) is 0.923. The van der Waals surface area contributed by atoms with Crippen LogP contribution in [-0.4, -0.2) is 15.5 Å². The minimum Gasteiger partial charge on any atom is -0.316 e. The van der Waals surface area contributed by atoms with E-state index in [1.165, 1.54) is 30.3 Å². The van der Waals surface area contributed by atoms with E-state index in [0.717, 1.165) is 11.6 Å². The predicted molar refractivity (Wildman–Crippen MR) is 81.4 cm³/mol. The smallest absolute Gasteiger partial charge is 0.263 e. The molecule has 0 unspecified atom stereocenters. The fourth-order valence-electron chi connectivity index (χ4n) is 1.83. The second-order valence-electron chi connectivity index (χ2n) is 4.41. The third-order valence-electron chi connectivity index (χ3n) is 2.74. The first-order chi connectivity index (χ1) is 9.92. The molecule has 0 fully saturated rings. The molecule has 0 aliphatic heterocycles. The Morgan fingerprint density at radius 1 is 1.19 bits per heavy atom. The molecular weight excluding hydrogens is 315 g/mol. The van der Waals surface area contributed by atoms with E-state index in [1.807, 2.05) is 0 Å². The highest BCUT2D eigenvalue weighted by atomic mass is 35.5. The van der Waals surface area contributed by atoms with E-state index in [4.69, 9.17) is 11.6 Å². The molecule has 0 saturated carbocycles. The van der Waals surface area contributed by atoms with Crippen LogP contribution in [0.1, 0.15) is 5.56 Å². The molecular formula is C14H14ClFN2O2S. The molecule has 7 heteroatoms.